The molecule has 0 bridgehead atoms. The van der Waals surface area contributed by atoms with Crippen molar-refractivity contribution < 1.29 is 14.2 Å². The van der Waals surface area contributed by atoms with Gasteiger partial charge in [0, 0.05) is 39.3 Å². The van der Waals surface area contributed by atoms with Crippen LogP contribution in [0.25, 0.3) is 0 Å². The molecule has 0 unspecified atom stereocenters. The molecule has 5 heteroatoms. The van der Waals surface area contributed by atoms with Crippen LogP contribution in [0.3, 0.4) is 0 Å². The summed E-state index contributed by atoms with van der Waals surface area (Å²) in [5, 5.41) is 3.30. The van der Waals surface area contributed by atoms with E-state index in [1.165, 1.54) is 0 Å². The van der Waals surface area contributed by atoms with Gasteiger partial charge in [-0.2, -0.15) is 0 Å². The van der Waals surface area contributed by atoms with Crippen molar-refractivity contribution in [3.8, 4) is 0 Å². The van der Waals surface area contributed by atoms with Crippen LogP contribution in [0.1, 0.15) is 13.3 Å². The van der Waals surface area contributed by atoms with Crippen molar-refractivity contribution in [1.82, 2.24) is 10.2 Å². The number of rotatable bonds is 11. The predicted octanol–water partition coefficient (Wildman–Crippen LogP) is 0.351. The van der Waals surface area contributed by atoms with E-state index in [9.17, 15) is 0 Å². The largest absolute Gasteiger partial charge is 0.380 e. The Bertz CT molecular complexity index is 176. The molecule has 0 aromatic rings. The SMILES string of the molecule is CCCOCCNCCOCCN1CCOCC1. The Morgan fingerprint density at radius 2 is 1.67 bits per heavy atom. The molecule has 1 aliphatic rings. The van der Waals surface area contributed by atoms with Crippen molar-refractivity contribution in [3.63, 3.8) is 0 Å². The Balaban J connectivity index is 1.73. The zero-order valence-corrected chi connectivity index (χ0v) is 11.7. The van der Waals surface area contributed by atoms with Gasteiger partial charge in [0.05, 0.1) is 33.0 Å². The zero-order valence-electron chi connectivity index (χ0n) is 11.7. The van der Waals surface area contributed by atoms with Crippen molar-refractivity contribution in [2.45, 2.75) is 13.3 Å². The van der Waals surface area contributed by atoms with E-state index in [0.717, 1.165) is 78.8 Å². The highest BCUT2D eigenvalue weighted by molar-refractivity contribution is 4.60. The number of nitrogens with zero attached hydrogens (tertiary/aromatic N) is 1. The molecule has 0 spiro atoms. The van der Waals surface area contributed by atoms with Gasteiger partial charge in [0.25, 0.3) is 0 Å². The van der Waals surface area contributed by atoms with Crippen molar-refractivity contribution in [2.75, 3.05) is 72.4 Å². The van der Waals surface area contributed by atoms with Crippen LogP contribution in [0.2, 0.25) is 0 Å². The molecule has 108 valence electrons. The minimum atomic E-state index is 0.776. The minimum absolute atomic E-state index is 0.776. The van der Waals surface area contributed by atoms with Crippen LogP contribution in [0.5, 0.6) is 0 Å². The normalized spacial score (nSPS) is 17.2. The molecule has 0 amide bonds. The average Bonchev–Trinajstić information content (AvgIpc) is 2.42. The molecule has 0 aromatic carbocycles. The van der Waals surface area contributed by atoms with Crippen LogP contribution in [-0.2, 0) is 14.2 Å². The van der Waals surface area contributed by atoms with Crippen LogP contribution in [0.15, 0.2) is 0 Å². The molecule has 0 aromatic heterocycles. The second kappa shape index (κ2) is 11.9. The number of ether oxygens (including phenoxy) is 3. The number of morpholine rings is 1. The highest BCUT2D eigenvalue weighted by atomic mass is 16.5. The van der Waals surface area contributed by atoms with E-state index in [1.807, 2.05) is 0 Å². The second-order valence-electron chi connectivity index (χ2n) is 4.43. The van der Waals surface area contributed by atoms with Crippen molar-refractivity contribution in [1.29, 1.82) is 0 Å². The summed E-state index contributed by atoms with van der Waals surface area (Å²) in [5.74, 6) is 0. The van der Waals surface area contributed by atoms with E-state index in [-0.39, 0.29) is 0 Å². The predicted molar refractivity (Wildman–Crippen MR) is 72.1 cm³/mol. The summed E-state index contributed by atoms with van der Waals surface area (Å²) >= 11 is 0. The first-order valence-electron chi connectivity index (χ1n) is 7.09. The Morgan fingerprint density at radius 3 is 2.33 bits per heavy atom. The number of nitrogens with one attached hydrogen (secondary N) is 1. The van der Waals surface area contributed by atoms with Gasteiger partial charge in [0.1, 0.15) is 0 Å². The first kappa shape index (κ1) is 15.9. The number of hydrogen-bond donors (Lipinski definition) is 1. The molecule has 1 saturated heterocycles. The second-order valence-corrected chi connectivity index (χ2v) is 4.43. The van der Waals surface area contributed by atoms with E-state index >= 15 is 0 Å². The van der Waals surface area contributed by atoms with Gasteiger partial charge in [-0.05, 0) is 6.42 Å². The van der Waals surface area contributed by atoms with Crippen LogP contribution >= 0.6 is 0 Å². The third-order valence-corrected chi connectivity index (χ3v) is 2.85. The summed E-state index contributed by atoms with van der Waals surface area (Å²) in [6, 6.07) is 0. The average molecular weight is 260 g/mol. The van der Waals surface area contributed by atoms with Crippen molar-refractivity contribution in [3.05, 3.63) is 0 Å². The molecule has 1 rings (SSSR count). The molecule has 1 fully saturated rings. The molecule has 0 saturated carbocycles. The van der Waals surface area contributed by atoms with Gasteiger partial charge in [0.15, 0.2) is 0 Å². The van der Waals surface area contributed by atoms with E-state index in [2.05, 4.69) is 17.1 Å². The summed E-state index contributed by atoms with van der Waals surface area (Å²) in [6.07, 6.45) is 1.09. The lowest BCUT2D eigenvalue weighted by Gasteiger charge is -2.26. The molecule has 1 N–H and O–H groups in total. The van der Waals surface area contributed by atoms with Gasteiger partial charge >= 0.3 is 0 Å². The fraction of sp³-hybridized carbons (Fsp3) is 1.00. The van der Waals surface area contributed by atoms with E-state index in [4.69, 9.17) is 14.2 Å². The van der Waals surface area contributed by atoms with Gasteiger partial charge in [-0.3, -0.25) is 4.90 Å². The molecule has 1 heterocycles. The summed E-state index contributed by atoms with van der Waals surface area (Å²) in [5.41, 5.74) is 0. The molecule has 0 radical (unpaired) electrons. The van der Waals surface area contributed by atoms with Crippen LogP contribution in [0.4, 0.5) is 0 Å². The molecule has 0 atom stereocenters. The molecule has 5 nitrogen and oxygen atoms in total. The smallest absolute Gasteiger partial charge is 0.0594 e. The summed E-state index contributed by atoms with van der Waals surface area (Å²) in [7, 11) is 0. The Hall–Kier alpha value is -0.200. The van der Waals surface area contributed by atoms with Gasteiger partial charge in [-0.25, -0.2) is 0 Å². The summed E-state index contributed by atoms with van der Waals surface area (Å²) in [4.78, 5) is 2.38. The molecular weight excluding hydrogens is 232 g/mol. The molecule has 1 aliphatic heterocycles. The maximum absolute atomic E-state index is 5.58. The molecule has 0 aliphatic carbocycles. The van der Waals surface area contributed by atoms with Crippen molar-refractivity contribution >= 4 is 0 Å². The summed E-state index contributed by atoms with van der Waals surface area (Å²) < 4.78 is 16.2. The van der Waals surface area contributed by atoms with E-state index < -0.39 is 0 Å². The first-order valence-corrected chi connectivity index (χ1v) is 7.09. The van der Waals surface area contributed by atoms with E-state index in [1.54, 1.807) is 0 Å². The van der Waals surface area contributed by atoms with Crippen LogP contribution in [0, 0.1) is 0 Å². The maximum Gasteiger partial charge on any atom is 0.0594 e. The molecule has 18 heavy (non-hydrogen) atoms. The van der Waals surface area contributed by atoms with Gasteiger partial charge in [-0.1, -0.05) is 6.92 Å². The van der Waals surface area contributed by atoms with Crippen LogP contribution < -0.4 is 5.32 Å². The van der Waals surface area contributed by atoms with Crippen LogP contribution in [-0.4, -0.2) is 77.3 Å². The number of hydrogen-bond acceptors (Lipinski definition) is 5. The minimum Gasteiger partial charge on any atom is -0.380 e. The Morgan fingerprint density at radius 1 is 1.00 bits per heavy atom. The first-order chi connectivity index (χ1) is 8.93. The highest BCUT2D eigenvalue weighted by Gasteiger charge is 2.08. The third kappa shape index (κ3) is 8.83. The lowest BCUT2D eigenvalue weighted by molar-refractivity contribution is 0.0207. The lowest BCUT2D eigenvalue weighted by atomic mass is 10.4. The monoisotopic (exact) mass is 260 g/mol. The quantitative estimate of drug-likeness (QED) is 0.543. The maximum atomic E-state index is 5.58. The zero-order chi connectivity index (χ0) is 12.9. The van der Waals surface area contributed by atoms with Gasteiger partial charge in [-0.15, -0.1) is 0 Å². The van der Waals surface area contributed by atoms with Crippen molar-refractivity contribution in [2.24, 2.45) is 0 Å². The lowest BCUT2D eigenvalue weighted by Crippen LogP contribution is -2.38. The van der Waals surface area contributed by atoms with Gasteiger partial charge in [0.2, 0.25) is 0 Å². The van der Waals surface area contributed by atoms with E-state index in [0.29, 0.717) is 0 Å². The fourth-order valence-corrected chi connectivity index (χ4v) is 1.78. The third-order valence-electron chi connectivity index (χ3n) is 2.85. The highest BCUT2D eigenvalue weighted by Crippen LogP contribution is 1.95. The fourth-order valence-electron chi connectivity index (χ4n) is 1.78. The molecular formula is C13H28N2O3. The standard InChI is InChI=1S/C13H28N2O3/c1-2-8-16-9-3-14-4-10-17-11-5-15-6-12-18-13-7-15/h14H,2-13H2,1H3. The Kier molecular flexibility index (Phi) is 10.5. The Labute approximate surface area is 111 Å². The summed E-state index contributed by atoms with van der Waals surface area (Å²) in [6.45, 7) is 12.0. The topological polar surface area (TPSA) is 43.0 Å². The van der Waals surface area contributed by atoms with Gasteiger partial charge < -0.3 is 19.5 Å².